The molecule has 124 valence electrons. The highest BCUT2D eigenvalue weighted by molar-refractivity contribution is 6.00. The molecule has 0 spiro atoms. The standard InChI is InChI=1S/C18H14N4O3/c1-10-5-7-11(8-6-10)16-14-15(19-18(23)17(14)21-20-16)12-3-2-4-13(9-12)22(24)25/h2-9,15H,1H3,(H,19,23)(H,20,21)/t15-/m0/s1. The fourth-order valence-electron chi connectivity index (χ4n) is 3.08. The summed E-state index contributed by atoms with van der Waals surface area (Å²) in [4.78, 5) is 22.9. The molecule has 0 bridgehead atoms. The highest BCUT2D eigenvalue weighted by Gasteiger charge is 2.35. The summed E-state index contributed by atoms with van der Waals surface area (Å²) >= 11 is 0. The molecule has 1 amide bonds. The number of hydrogen-bond donors (Lipinski definition) is 2. The Labute approximate surface area is 142 Å². The summed E-state index contributed by atoms with van der Waals surface area (Å²) in [5, 5.41) is 21.0. The van der Waals surface area contributed by atoms with Gasteiger partial charge in [-0.15, -0.1) is 0 Å². The number of carbonyl (C=O) groups is 1. The number of aromatic nitrogens is 2. The van der Waals surface area contributed by atoms with Crippen LogP contribution in [-0.4, -0.2) is 21.0 Å². The van der Waals surface area contributed by atoms with Crippen molar-refractivity contribution in [1.29, 1.82) is 0 Å². The quantitative estimate of drug-likeness (QED) is 0.567. The topological polar surface area (TPSA) is 101 Å². The maximum absolute atomic E-state index is 12.3. The Balaban J connectivity index is 1.84. The molecule has 4 rings (SSSR count). The van der Waals surface area contributed by atoms with Crippen LogP contribution in [0.3, 0.4) is 0 Å². The lowest BCUT2D eigenvalue weighted by atomic mass is 9.96. The smallest absolute Gasteiger partial charge is 0.270 e. The van der Waals surface area contributed by atoms with Crippen molar-refractivity contribution < 1.29 is 9.72 Å². The molecule has 2 heterocycles. The Morgan fingerprint density at radius 2 is 1.92 bits per heavy atom. The number of rotatable bonds is 3. The van der Waals surface area contributed by atoms with Crippen LogP contribution in [-0.2, 0) is 0 Å². The number of aromatic amines is 1. The lowest BCUT2D eigenvalue weighted by Crippen LogP contribution is -2.21. The predicted molar refractivity (Wildman–Crippen MR) is 91.2 cm³/mol. The third-order valence-corrected chi connectivity index (χ3v) is 4.33. The molecule has 0 saturated heterocycles. The Kier molecular flexibility index (Phi) is 3.35. The van der Waals surface area contributed by atoms with Crippen molar-refractivity contribution in [2.24, 2.45) is 0 Å². The maximum Gasteiger partial charge on any atom is 0.270 e. The van der Waals surface area contributed by atoms with Crippen molar-refractivity contribution in [3.8, 4) is 11.3 Å². The molecule has 1 aliphatic rings. The van der Waals surface area contributed by atoms with Crippen LogP contribution in [0.15, 0.2) is 48.5 Å². The first-order chi connectivity index (χ1) is 12.0. The number of nitro benzene ring substituents is 1. The maximum atomic E-state index is 12.3. The van der Waals surface area contributed by atoms with Crippen LogP contribution in [0.2, 0.25) is 0 Å². The van der Waals surface area contributed by atoms with Gasteiger partial charge in [0.2, 0.25) is 0 Å². The molecule has 7 nitrogen and oxygen atoms in total. The molecule has 2 N–H and O–H groups in total. The summed E-state index contributed by atoms with van der Waals surface area (Å²) in [6.07, 6.45) is 0. The number of nitrogens with one attached hydrogen (secondary N) is 2. The molecule has 0 radical (unpaired) electrons. The lowest BCUT2D eigenvalue weighted by Gasteiger charge is -2.13. The summed E-state index contributed by atoms with van der Waals surface area (Å²) in [7, 11) is 0. The number of H-pyrrole nitrogens is 1. The second-order valence-electron chi connectivity index (χ2n) is 5.99. The van der Waals surface area contributed by atoms with E-state index in [1.54, 1.807) is 12.1 Å². The fourth-order valence-corrected chi connectivity index (χ4v) is 3.08. The van der Waals surface area contributed by atoms with Crippen LogP contribution < -0.4 is 5.32 Å². The van der Waals surface area contributed by atoms with Gasteiger partial charge in [-0.1, -0.05) is 42.0 Å². The fraction of sp³-hybridized carbons (Fsp3) is 0.111. The zero-order valence-corrected chi connectivity index (χ0v) is 13.3. The molecule has 25 heavy (non-hydrogen) atoms. The van der Waals surface area contributed by atoms with Gasteiger partial charge in [0.15, 0.2) is 0 Å². The summed E-state index contributed by atoms with van der Waals surface area (Å²) in [6.45, 7) is 2.00. The minimum atomic E-state index is -0.475. The molecular formula is C18H14N4O3. The number of nitro groups is 1. The van der Waals surface area contributed by atoms with E-state index in [4.69, 9.17) is 0 Å². The molecule has 0 fully saturated rings. The second kappa shape index (κ2) is 5.55. The van der Waals surface area contributed by atoms with Gasteiger partial charge in [-0.3, -0.25) is 20.0 Å². The lowest BCUT2D eigenvalue weighted by molar-refractivity contribution is -0.384. The number of carbonyl (C=O) groups excluding carboxylic acids is 1. The van der Waals surface area contributed by atoms with E-state index in [1.165, 1.54) is 12.1 Å². The van der Waals surface area contributed by atoms with Gasteiger partial charge in [-0.05, 0) is 12.5 Å². The summed E-state index contributed by atoms with van der Waals surface area (Å²) in [5.41, 5.74) is 4.43. The molecule has 0 aliphatic carbocycles. The molecule has 3 aromatic rings. The zero-order valence-electron chi connectivity index (χ0n) is 13.3. The third kappa shape index (κ3) is 2.46. The Morgan fingerprint density at radius 1 is 1.16 bits per heavy atom. The molecular weight excluding hydrogens is 320 g/mol. The highest BCUT2D eigenvalue weighted by atomic mass is 16.6. The van der Waals surface area contributed by atoms with Gasteiger partial charge in [0, 0.05) is 23.3 Å². The number of benzene rings is 2. The average Bonchev–Trinajstić information content (AvgIpc) is 3.17. The summed E-state index contributed by atoms with van der Waals surface area (Å²) in [5.74, 6) is -0.266. The van der Waals surface area contributed by atoms with E-state index in [9.17, 15) is 14.9 Å². The number of nitrogens with zero attached hydrogens (tertiary/aromatic N) is 2. The van der Waals surface area contributed by atoms with Gasteiger partial charge in [0.25, 0.3) is 11.6 Å². The van der Waals surface area contributed by atoms with E-state index >= 15 is 0 Å². The van der Waals surface area contributed by atoms with Crippen molar-refractivity contribution in [1.82, 2.24) is 15.5 Å². The van der Waals surface area contributed by atoms with E-state index < -0.39 is 11.0 Å². The van der Waals surface area contributed by atoms with Crippen LogP contribution in [0.5, 0.6) is 0 Å². The zero-order chi connectivity index (χ0) is 17.6. The molecule has 0 saturated carbocycles. The second-order valence-corrected chi connectivity index (χ2v) is 5.99. The van der Waals surface area contributed by atoms with E-state index in [1.807, 2.05) is 31.2 Å². The van der Waals surface area contributed by atoms with E-state index in [-0.39, 0.29) is 11.6 Å². The molecule has 1 atom stereocenters. The first-order valence-corrected chi connectivity index (χ1v) is 7.75. The minimum Gasteiger partial charge on any atom is -0.340 e. The number of hydrogen-bond acceptors (Lipinski definition) is 4. The predicted octanol–water partition coefficient (Wildman–Crippen LogP) is 3.13. The van der Waals surface area contributed by atoms with Crippen molar-refractivity contribution in [3.63, 3.8) is 0 Å². The largest absolute Gasteiger partial charge is 0.340 e. The van der Waals surface area contributed by atoms with Gasteiger partial charge >= 0.3 is 0 Å². The highest BCUT2D eigenvalue weighted by Crippen LogP contribution is 2.37. The Morgan fingerprint density at radius 3 is 2.64 bits per heavy atom. The van der Waals surface area contributed by atoms with Crippen molar-refractivity contribution >= 4 is 11.6 Å². The van der Waals surface area contributed by atoms with Crippen molar-refractivity contribution in [2.45, 2.75) is 13.0 Å². The van der Waals surface area contributed by atoms with Crippen molar-refractivity contribution in [2.75, 3.05) is 0 Å². The van der Waals surface area contributed by atoms with Crippen LogP contribution >= 0.6 is 0 Å². The van der Waals surface area contributed by atoms with Crippen LogP contribution in [0.25, 0.3) is 11.3 Å². The van der Waals surface area contributed by atoms with Gasteiger partial charge in [0.1, 0.15) is 5.69 Å². The minimum absolute atomic E-state index is 0.0134. The van der Waals surface area contributed by atoms with Crippen molar-refractivity contribution in [3.05, 3.63) is 81.0 Å². The SMILES string of the molecule is Cc1ccc(-c2n[nH]c3c2[C@H](c2cccc([N+](=O)[O-])c2)NC3=O)cc1. The molecule has 2 aromatic carbocycles. The summed E-state index contributed by atoms with van der Waals surface area (Å²) < 4.78 is 0. The van der Waals surface area contributed by atoms with Crippen LogP contribution in [0.4, 0.5) is 5.69 Å². The van der Waals surface area contributed by atoms with Crippen LogP contribution in [0.1, 0.15) is 33.2 Å². The van der Waals surface area contributed by atoms with E-state index in [0.29, 0.717) is 22.5 Å². The average molecular weight is 334 g/mol. The number of non-ortho nitro benzene ring substituents is 1. The summed E-state index contributed by atoms with van der Waals surface area (Å²) in [6, 6.07) is 13.6. The van der Waals surface area contributed by atoms with Gasteiger partial charge in [-0.2, -0.15) is 5.10 Å². The third-order valence-electron chi connectivity index (χ3n) is 4.33. The first-order valence-electron chi connectivity index (χ1n) is 7.75. The number of amides is 1. The molecule has 1 aromatic heterocycles. The van der Waals surface area contributed by atoms with Crippen LogP contribution in [0, 0.1) is 17.0 Å². The monoisotopic (exact) mass is 334 g/mol. The van der Waals surface area contributed by atoms with Gasteiger partial charge in [0.05, 0.1) is 16.7 Å². The normalized spacial score (nSPS) is 15.7. The van der Waals surface area contributed by atoms with E-state index in [2.05, 4.69) is 15.5 Å². The Bertz CT molecular complexity index is 992. The van der Waals surface area contributed by atoms with Gasteiger partial charge < -0.3 is 5.32 Å². The number of aryl methyl sites for hydroxylation is 1. The van der Waals surface area contributed by atoms with E-state index in [0.717, 1.165) is 11.1 Å². The molecule has 7 heteroatoms. The molecule has 1 aliphatic heterocycles. The first kappa shape index (κ1) is 15.1. The van der Waals surface area contributed by atoms with Gasteiger partial charge in [-0.25, -0.2) is 0 Å². The molecule has 0 unspecified atom stereocenters. The number of fused-ring (bicyclic) bond motifs is 1. The Hall–Kier alpha value is -3.48.